The first-order chi connectivity index (χ1) is 10.9. The average molecular weight is 328 g/mol. The Morgan fingerprint density at radius 3 is 2.70 bits per heavy atom. The summed E-state index contributed by atoms with van der Waals surface area (Å²) in [5, 5.41) is 11.6. The largest absolute Gasteiger partial charge is 0.481 e. The minimum Gasteiger partial charge on any atom is -0.481 e. The van der Waals surface area contributed by atoms with Crippen molar-refractivity contribution < 1.29 is 28.2 Å². The van der Waals surface area contributed by atoms with E-state index in [1.807, 2.05) is 0 Å². The van der Waals surface area contributed by atoms with Crippen molar-refractivity contribution in [3.63, 3.8) is 0 Å². The monoisotopic (exact) mass is 328 g/mol. The van der Waals surface area contributed by atoms with Gasteiger partial charge in [-0.1, -0.05) is 18.2 Å². The third kappa shape index (κ3) is 4.30. The number of rotatable bonds is 5. The van der Waals surface area contributed by atoms with Crippen molar-refractivity contribution in [1.82, 2.24) is 10.2 Å². The quantitative estimate of drug-likeness (QED) is 0.870. The number of halogens is 2. The zero-order chi connectivity index (χ0) is 17.0. The predicted octanol–water partition coefficient (Wildman–Crippen LogP) is 2.47. The molecule has 2 rings (SSSR count). The van der Waals surface area contributed by atoms with Crippen LogP contribution in [-0.2, 0) is 4.79 Å². The summed E-state index contributed by atoms with van der Waals surface area (Å²) in [6, 6.07) is 5.24. The van der Waals surface area contributed by atoms with Gasteiger partial charge in [-0.2, -0.15) is 8.78 Å². The number of ether oxygens (including phenoxy) is 1. The second kappa shape index (κ2) is 7.26. The van der Waals surface area contributed by atoms with Crippen LogP contribution < -0.4 is 10.1 Å². The van der Waals surface area contributed by atoms with Crippen LogP contribution in [0.5, 0.6) is 5.75 Å². The summed E-state index contributed by atoms with van der Waals surface area (Å²) in [4.78, 5) is 24.5. The summed E-state index contributed by atoms with van der Waals surface area (Å²) in [6.45, 7) is -0.807. The highest BCUT2D eigenvalue weighted by Gasteiger charge is 2.31. The van der Waals surface area contributed by atoms with Gasteiger partial charge >= 0.3 is 18.6 Å². The number of amides is 2. The maximum Gasteiger partial charge on any atom is 0.387 e. The third-order valence-corrected chi connectivity index (χ3v) is 3.77. The summed E-state index contributed by atoms with van der Waals surface area (Å²) < 4.78 is 29.3. The number of nitrogens with one attached hydrogen (secondary N) is 1. The molecule has 1 aromatic carbocycles. The fourth-order valence-corrected chi connectivity index (χ4v) is 2.54. The number of aliphatic carboxylic acids is 1. The smallest absolute Gasteiger partial charge is 0.387 e. The van der Waals surface area contributed by atoms with Gasteiger partial charge in [0.05, 0.1) is 12.0 Å². The standard InChI is InChI=1S/C15H18F2N2O4/c1-9(11-4-2-3-5-12(11)23-14(16)17)18-15(22)19-7-6-10(8-19)13(20)21/h2-5,9-10,14H,6-8H2,1H3,(H,18,22)(H,20,21). The first kappa shape index (κ1) is 17.0. The Labute approximate surface area is 132 Å². The maximum absolute atomic E-state index is 12.4. The lowest BCUT2D eigenvalue weighted by Crippen LogP contribution is -2.40. The molecule has 2 unspecified atom stereocenters. The maximum atomic E-state index is 12.4. The van der Waals surface area contributed by atoms with E-state index in [-0.39, 0.29) is 12.3 Å². The highest BCUT2D eigenvalue weighted by Crippen LogP contribution is 2.26. The molecular weight excluding hydrogens is 310 g/mol. The number of alkyl halides is 2. The van der Waals surface area contributed by atoms with Gasteiger partial charge in [0.2, 0.25) is 0 Å². The Morgan fingerprint density at radius 1 is 1.39 bits per heavy atom. The number of benzene rings is 1. The van der Waals surface area contributed by atoms with Crippen LogP contribution in [0.25, 0.3) is 0 Å². The van der Waals surface area contributed by atoms with Crippen molar-refractivity contribution in [2.45, 2.75) is 26.0 Å². The molecule has 1 fully saturated rings. The number of para-hydroxylation sites is 1. The lowest BCUT2D eigenvalue weighted by atomic mass is 10.1. The summed E-state index contributed by atoms with van der Waals surface area (Å²) in [5.41, 5.74) is 0.426. The van der Waals surface area contributed by atoms with Crippen molar-refractivity contribution >= 4 is 12.0 Å². The van der Waals surface area contributed by atoms with Gasteiger partial charge in [0.1, 0.15) is 5.75 Å². The molecule has 6 nitrogen and oxygen atoms in total. The number of likely N-dealkylation sites (tertiary alicyclic amines) is 1. The lowest BCUT2D eigenvalue weighted by molar-refractivity contribution is -0.141. The molecule has 0 bridgehead atoms. The molecule has 2 amide bonds. The van der Waals surface area contributed by atoms with E-state index in [4.69, 9.17) is 5.11 Å². The van der Waals surface area contributed by atoms with Crippen molar-refractivity contribution in [3.8, 4) is 5.75 Å². The van der Waals surface area contributed by atoms with Crippen LogP contribution in [0.15, 0.2) is 24.3 Å². The Morgan fingerprint density at radius 2 is 2.09 bits per heavy atom. The van der Waals surface area contributed by atoms with E-state index in [1.54, 1.807) is 25.1 Å². The Balaban J connectivity index is 2.00. The number of hydrogen-bond donors (Lipinski definition) is 2. The van der Waals surface area contributed by atoms with Gasteiger partial charge in [0.25, 0.3) is 0 Å². The lowest BCUT2D eigenvalue weighted by Gasteiger charge is -2.22. The van der Waals surface area contributed by atoms with Gasteiger partial charge in [-0.05, 0) is 19.4 Å². The number of hydrogen-bond acceptors (Lipinski definition) is 3. The molecular formula is C15H18F2N2O4. The van der Waals surface area contributed by atoms with Crippen LogP contribution >= 0.6 is 0 Å². The second-order valence-electron chi connectivity index (χ2n) is 5.36. The summed E-state index contributed by atoms with van der Waals surface area (Å²) >= 11 is 0. The zero-order valence-electron chi connectivity index (χ0n) is 12.5. The van der Waals surface area contributed by atoms with E-state index in [9.17, 15) is 18.4 Å². The van der Waals surface area contributed by atoms with E-state index in [2.05, 4.69) is 10.1 Å². The number of carboxylic acid groups (broad SMARTS) is 1. The van der Waals surface area contributed by atoms with Crippen LogP contribution in [0.4, 0.5) is 13.6 Å². The Hall–Kier alpha value is -2.38. The van der Waals surface area contributed by atoms with Crippen LogP contribution in [0.1, 0.15) is 24.9 Å². The molecule has 1 aliphatic heterocycles. The van der Waals surface area contributed by atoms with E-state index >= 15 is 0 Å². The predicted molar refractivity (Wildman–Crippen MR) is 77.3 cm³/mol. The molecule has 2 N–H and O–H groups in total. The minimum atomic E-state index is -2.95. The van der Waals surface area contributed by atoms with Gasteiger partial charge in [-0.25, -0.2) is 4.79 Å². The highest BCUT2D eigenvalue weighted by molar-refractivity contribution is 5.77. The zero-order valence-corrected chi connectivity index (χ0v) is 12.5. The number of carbonyl (C=O) groups excluding carboxylic acids is 1. The Bertz CT molecular complexity index is 582. The molecule has 126 valence electrons. The van der Waals surface area contributed by atoms with Crippen LogP contribution in [0.2, 0.25) is 0 Å². The van der Waals surface area contributed by atoms with E-state index in [0.717, 1.165) is 0 Å². The molecule has 1 aliphatic rings. The van der Waals surface area contributed by atoms with Crippen molar-refractivity contribution in [2.75, 3.05) is 13.1 Å². The number of nitrogens with zero attached hydrogens (tertiary/aromatic N) is 1. The molecule has 1 heterocycles. The molecule has 0 aliphatic carbocycles. The molecule has 0 radical (unpaired) electrons. The minimum absolute atomic E-state index is 0.000124. The van der Waals surface area contributed by atoms with Gasteiger partial charge in [0.15, 0.2) is 0 Å². The summed E-state index contributed by atoms with van der Waals surface area (Å²) in [7, 11) is 0. The molecule has 1 saturated heterocycles. The molecule has 0 aromatic heterocycles. The fourth-order valence-electron chi connectivity index (χ4n) is 2.54. The average Bonchev–Trinajstić information content (AvgIpc) is 2.97. The molecule has 0 saturated carbocycles. The first-order valence-corrected chi connectivity index (χ1v) is 7.20. The summed E-state index contributed by atoms with van der Waals surface area (Å²) in [5.74, 6) is -1.49. The van der Waals surface area contributed by atoms with Crippen molar-refractivity contribution in [2.24, 2.45) is 5.92 Å². The molecule has 8 heteroatoms. The highest BCUT2D eigenvalue weighted by atomic mass is 19.3. The normalized spacial score (nSPS) is 18.8. The van der Waals surface area contributed by atoms with Crippen LogP contribution in [0, 0.1) is 5.92 Å². The fraction of sp³-hybridized carbons (Fsp3) is 0.467. The van der Waals surface area contributed by atoms with Gasteiger partial charge in [-0.3, -0.25) is 4.79 Å². The SMILES string of the molecule is CC(NC(=O)N1CCC(C(=O)O)C1)c1ccccc1OC(F)F. The molecule has 1 aromatic rings. The first-order valence-electron chi connectivity index (χ1n) is 7.20. The third-order valence-electron chi connectivity index (χ3n) is 3.77. The molecule has 2 atom stereocenters. The van der Waals surface area contributed by atoms with Crippen LogP contribution in [0.3, 0.4) is 0 Å². The second-order valence-corrected chi connectivity index (χ2v) is 5.36. The van der Waals surface area contributed by atoms with E-state index < -0.39 is 30.6 Å². The van der Waals surface area contributed by atoms with Gasteiger partial charge < -0.3 is 20.1 Å². The van der Waals surface area contributed by atoms with E-state index in [0.29, 0.717) is 18.5 Å². The Kier molecular flexibility index (Phi) is 5.36. The number of urea groups is 1. The number of carbonyl (C=O) groups is 2. The van der Waals surface area contributed by atoms with Crippen molar-refractivity contribution in [3.05, 3.63) is 29.8 Å². The topological polar surface area (TPSA) is 78.9 Å². The summed E-state index contributed by atoms with van der Waals surface area (Å²) in [6.07, 6.45) is 0.405. The van der Waals surface area contributed by atoms with Crippen molar-refractivity contribution in [1.29, 1.82) is 0 Å². The van der Waals surface area contributed by atoms with Gasteiger partial charge in [0, 0.05) is 18.7 Å². The van der Waals surface area contributed by atoms with Crippen LogP contribution in [-0.4, -0.2) is 41.7 Å². The van der Waals surface area contributed by atoms with Gasteiger partial charge in [-0.15, -0.1) is 0 Å². The van der Waals surface area contributed by atoms with E-state index in [1.165, 1.54) is 11.0 Å². The molecule has 23 heavy (non-hydrogen) atoms. The molecule has 0 spiro atoms. The number of carboxylic acids is 1.